The summed E-state index contributed by atoms with van der Waals surface area (Å²) >= 11 is 0. The number of hydrogen-bond donors (Lipinski definition) is 1. The molecule has 0 unspecified atom stereocenters. The van der Waals surface area contributed by atoms with Crippen molar-refractivity contribution in [2.45, 2.75) is 18.9 Å². The lowest BCUT2D eigenvalue weighted by atomic mass is 10.3. The summed E-state index contributed by atoms with van der Waals surface area (Å²) in [5.41, 5.74) is 5.74. The molecule has 1 saturated carbocycles. The van der Waals surface area contributed by atoms with Gasteiger partial charge in [-0.05, 0) is 12.8 Å². The zero-order valence-electron chi connectivity index (χ0n) is 8.24. The summed E-state index contributed by atoms with van der Waals surface area (Å²) in [6.45, 7) is 4.39. The Kier molecular flexibility index (Phi) is 2.40. The molecule has 4 heteroatoms. The van der Waals surface area contributed by atoms with Crippen molar-refractivity contribution >= 4 is 5.96 Å². The van der Waals surface area contributed by atoms with Crippen molar-refractivity contribution in [3.05, 3.63) is 0 Å². The van der Waals surface area contributed by atoms with Crippen LogP contribution in [0.15, 0.2) is 4.99 Å². The van der Waals surface area contributed by atoms with E-state index in [0.717, 1.165) is 32.2 Å². The average molecular weight is 182 g/mol. The maximum atomic E-state index is 5.74. The van der Waals surface area contributed by atoms with Gasteiger partial charge < -0.3 is 10.6 Å². The third-order valence-corrected chi connectivity index (χ3v) is 2.93. The smallest absolute Gasteiger partial charge is 0.191 e. The molecule has 0 aromatic heterocycles. The molecule has 0 atom stereocenters. The first kappa shape index (κ1) is 8.81. The second-order valence-electron chi connectivity index (χ2n) is 3.84. The first-order valence-corrected chi connectivity index (χ1v) is 5.02. The van der Waals surface area contributed by atoms with E-state index in [1.165, 1.54) is 12.8 Å². The highest BCUT2D eigenvalue weighted by Gasteiger charge is 2.31. The van der Waals surface area contributed by atoms with Crippen molar-refractivity contribution in [3.8, 4) is 0 Å². The van der Waals surface area contributed by atoms with Gasteiger partial charge >= 0.3 is 0 Å². The number of piperazine rings is 1. The number of hydrogen-bond acceptors (Lipinski definition) is 2. The molecule has 0 radical (unpaired) electrons. The molecule has 2 N–H and O–H groups in total. The van der Waals surface area contributed by atoms with Gasteiger partial charge in [0.05, 0.1) is 0 Å². The molecule has 2 aliphatic rings. The van der Waals surface area contributed by atoms with Gasteiger partial charge in [-0.15, -0.1) is 0 Å². The van der Waals surface area contributed by atoms with Crippen molar-refractivity contribution in [3.63, 3.8) is 0 Å². The minimum Gasteiger partial charge on any atom is -0.370 e. The van der Waals surface area contributed by atoms with Crippen LogP contribution in [-0.2, 0) is 0 Å². The standard InChI is InChI=1S/C9H18N4/c1-11-9(10)13-6-4-12(5-7-13)8-2-3-8/h8H,2-7H2,1H3,(H2,10,11). The minimum absolute atomic E-state index is 0.690. The van der Waals surface area contributed by atoms with Gasteiger partial charge in [0.1, 0.15) is 0 Å². The lowest BCUT2D eigenvalue weighted by molar-refractivity contribution is 0.173. The largest absolute Gasteiger partial charge is 0.370 e. The number of aliphatic imine (C=N–C) groups is 1. The number of rotatable bonds is 1. The minimum atomic E-state index is 0.690. The van der Waals surface area contributed by atoms with Crippen molar-refractivity contribution < 1.29 is 0 Å². The summed E-state index contributed by atoms with van der Waals surface area (Å²) in [5.74, 6) is 0.690. The third kappa shape index (κ3) is 1.94. The van der Waals surface area contributed by atoms with Crippen LogP contribution in [0.3, 0.4) is 0 Å². The molecule has 1 heterocycles. The summed E-state index contributed by atoms with van der Waals surface area (Å²) in [6, 6.07) is 0.891. The molecule has 1 aliphatic heterocycles. The highest BCUT2D eigenvalue weighted by atomic mass is 15.3. The zero-order valence-corrected chi connectivity index (χ0v) is 8.24. The first-order valence-electron chi connectivity index (χ1n) is 5.02. The van der Waals surface area contributed by atoms with Crippen molar-refractivity contribution in [1.82, 2.24) is 9.80 Å². The average Bonchev–Trinajstić information content (AvgIpc) is 3.00. The van der Waals surface area contributed by atoms with E-state index < -0.39 is 0 Å². The Labute approximate surface area is 79.4 Å². The fourth-order valence-corrected chi connectivity index (χ4v) is 1.90. The van der Waals surface area contributed by atoms with Crippen molar-refractivity contribution in [2.24, 2.45) is 10.7 Å². The highest BCUT2D eigenvalue weighted by Crippen LogP contribution is 2.27. The molecule has 1 aliphatic carbocycles. The molecule has 1 saturated heterocycles. The number of guanidine groups is 1. The molecule has 0 spiro atoms. The van der Waals surface area contributed by atoms with E-state index in [1.54, 1.807) is 7.05 Å². The van der Waals surface area contributed by atoms with Gasteiger partial charge in [0.15, 0.2) is 5.96 Å². The van der Waals surface area contributed by atoms with E-state index >= 15 is 0 Å². The number of nitrogens with two attached hydrogens (primary N) is 1. The van der Waals surface area contributed by atoms with Crippen LogP contribution >= 0.6 is 0 Å². The maximum Gasteiger partial charge on any atom is 0.191 e. The SMILES string of the molecule is CN=C(N)N1CCN(C2CC2)CC1. The summed E-state index contributed by atoms with van der Waals surface area (Å²) in [4.78, 5) is 8.73. The second kappa shape index (κ2) is 3.54. The van der Waals surface area contributed by atoms with Crippen LogP contribution in [0, 0.1) is 0 Å². The Morgan fingerprint density at radius 2 is 1.85 bits per heavy atom. The van der Waals surface area contributed by atoms with Crippen LogP contribution in [0.1, 0.15) is 12.8 Å². The molecule has 2 fully saturated rings. The second-order valence-corrected chi connectivity index (χ2v) is 3.84. The molecule has 0 amide bonds. The predicted octanol–water partition coefficient (Wildman–Crippen LogP) is -0.289. The predicted molar refractivity (Wildman–Crippen MR) is 53.7 cm³/mol. The molecular weight excluding hydrogens is 164 g/mol. The topological polar surface area (TPSA) is 44.9 Å². The van der Waals surface area contributed by atoms with Gasteiger partial charge in [-0.1, -0.05) is 0 Å². The summed E-state index contributed by atoms with van der Waals surface area (Å²) in [5, 5.41) is 0. The molecule has 0 bridgehead atoms. The Balaban J connectivity index is 1.81. The molecule has 4 nitrogen and oxygen atoms in total. The lowest BCUT2D eigenvalue weighted by Crippen LogP contribution is -2.51. The van der Waals surface area contributed by atoms with Gasteiger partial charge in [-0.3, -0.25) is 9.89 Å². The Morgan fingerprint density at radius 1 is 1.23 bits per heavy atom. The summed E-state index contributed by atoms with van der Waals surface area (Å²) < 4.78 is 0. The van der Waals surface area contributed by atoms with Crippen molar-refractivity contribution in [1.29, 1.82) is 0 Å². The maximum absolute atomic E-state index is 5.74. The van der Waals surface area contributed by atoms with Gasteiger partial charge in [0.25, 0.3) is 0 Å². The Bertz CT molecular complexity index is 202. The van der Waals surface area contributed by atoms with Gasteiger partial charge in [0.2, 0.25) is 0 Å². The van der Waals surface area contributed by atoms with E-state index in [2.05, 4.69) is 14.8 Å². The van der Waals surface area contributed by atoms with Crippen molar-refractivity contribution in [2.75, 3.05) is 33.2 Å². The van der Waals surface area contributed by atoms with E-state index in [1.807, 2.05) is 0 Å². The van der Waals surface area contributed by atoms with Crippen LogP contribution in [0.5, 0.6) is 0 Å². The van der Waals surface area contributed by atoms with Crippen LogP contribution in [-0.4, -0.2) is 55.0 Å². The third-order valence-electron chi connectivity index (χ3n) is 2.93. The van der Waals surface area contributed by atoms with Crippen LogP contribution in [0.4, 0.5) is 0 Å². The van der Waals surface area contributed by atoms with E-state index in [9.17, 15) is 0 Å². The monoisotopic (exact) mass is 182 g/mol. The molecule has 74 valence electrons. The van der Waals surface area contributed by atoms with Gasteiger partial charge in [-0.2, -0.15) is 0 Å². The van der Waals surface area contributed by atoms with Crippen LogP contribution in [0.2, 0.25) is 0 Å². The van der Waals surface area contributed by atoms with Crippen LogP contribution in [0.25, 0.3) is 0 Å². The molecule has 0 aromatic rings. The zero-order chi connectivity index (χ0) is 9.26. The quantitative estimate of drug-likeness (QED) is 0.448. The molecule has 13 heavy (non-hydrogen) atoms. The lowest BCUT2D eigenvalue weighted by Gasteiger charge is -2.35. The Hall–Kier alpha value is -0.770. The molecule has 0 aromatic carbocycles. The van der Waals surface area contributed by atoms with Gasteiger partial charge in [-0.25, -0.2) is 0 Å². The fraction of sp³-hybridized carbons (Fsp3) is 0.889. The highest BCUT2D eigenvalue weighted by molar-refractivity contribution is 5.78. The summed E-state index contributed by atoms with van der Waals surface area (Å²) in [7, 11) is 1.75. The molecule has 2 rings (SSSR count). The molecular formula is C9H18N4. The fourth-order valence-electron chi connectivity index (χ4n) is 1.90. The van der Waals surface area contributed by atoms with Gasteiger partial charge in [0, 0.05) is 39.3 Å². The van der Waals surface area contributed by atoms with E-state index in [0.29, 0.717) is 5.96 Å². The van der Waals surface area contributed by atoms with Crippen LogP contribution < -0.4 is 5.73 Å². The van der Waals surface area contributed by atoms with E-state index in [4.69, 9.17) is 5.73 Å². The normalized spacial score (nSPS) is 26.5. The first-order chi connectivity index (χ1) is 6.31. The number of nitrogens with zero attached hydrogens (tertiary/aromatic N) is 3. The van der Waals surface area contributed by atoms with E-state index in [-0.39, 0.29) is 0 Å². The Morgan fingerprint density at radius 3 is 2.31 bits per heavy atom. The summed E-state index contributed by atoms with van der Waals surface area (Å²) in [6.07, 6.45) is 2.80.